The molecule has 8 nitrogen and oxygen atoms in total. The number of methoxy groups -OCH3 is 2. The minimum atomic E-state index is -4.87. The predicted octanol–water partition coefficient (Wildman–Crippen LogP) is 4.34. The van der Waals surface area contributed by atoms with E-state index in [0.717, 1.165) is 6.07 Å². The van der Waals surface area contributed by atoms with Gasteiger partial charge >= 0.3 is 6.18 Å². The van der Waals surface area contributed by atoms with Crippen molar-refractivity contribution in [1.82, 2.24) is 9.97 Å². The van der Waals surface area contributed by atoms with Crippen LogP contribution in [-0.4, -0.2) is 50.6 Å². The molecule has 2 aromatic carbocycles. The topological polar surface area (TPSA) is 101 Å². The maximum atomic E-state index is 14.6. The van der Waals surface area contributed by atoms with E-state index in [2.05, 4.69) is 15.3 Å². The Morgan fingerprint density at radius 2 is 1.71 bits per heavy atom. The number of nitrogens with two attached hydrogens (primary N) is 1. The van der Waals surface area contributed by atoms with Crippen LogP contribution in [-0.2, 0) is 22.2 Å². The molecule has 3 N–H and O–H groups in total. The number of nitrogens with one attached hydrogen (secondary N) is 1. The monoisotopic (exact) mass is 498 g/mol. The van der Waals surface area contributed by atoms with Gasteiger partial charge in [0.05, 0.1) is 38.0 Å². The van der Waals surface area contributed by atoms with Gasteiger partial charge in [0.2, 0.25) is 0 Å². The van der Waals surface area contributed by atoms with Crippen molar-refractivity contribution in [2.75, 3.05) is 51.7 Å². The Morgan fingerprint density at radius 1 is 0.971 bits per heavy atom. The van der Waals surface area contributed by atoms with E-state index in [1.807, 2.05) is 0 Å². The molecule has 35 heavy (non-hydrogen) atoms. The molecule has 190 valence electrons. The molecule has 0 aliphatic carbocycles. The van der Waals surface area contributed by atoms with Crippen molar-refractivity contribution < 1.29 is 36.5 Å². The molecule has 0 atom stereocenters. The van der Waals surface area contributed by atoms with Gasteiger partial charge in [-0.15, -0.1) is 0 Å². The lowest BCUT2D eigenvalue weighted by Gasteiger charge is -2.16. The molecular formula is C23H26F4N4O4. The summed E-state index contributed by atoms with van der Waals surface area (Å²) in [5, 5.41) is 3.40. The van der Waals surface area contributed by atoms with Gasteiger partial charge in [0, 0.05) is 36.4 Å². The normalized spacial score (nSPS) is 11.6. The average Bonchev–Trinajstić information content (AvgIpc) is 2.80. The highest BCUT2D eigenvalue weighted by atomic mass is 19.4. The highest BCUT2D eigenvalue weighted by molar-refractivity contribution is 5.91. The third-order valence-electron chi connectivity index (χ3n) is 4.93. The zero-order valence-corrected chi connectivity index (χ0v) is 19.5. The standard InChI is InChI=1S/C23H26F4N4O4/c1-13-30-18-11-19(33-3)20(35-7-6-34-5-4-32-2)10-16(18)22(31-13)29-12-14-8-15(28)9-17(21(14)24)23(25,26)27/h8-11H,4-7,12,28H2,1-3H3,(H,29,30,31). The molecule has 0 fully saturated rings. The first-order valence-corrected chi connectivity index (χ1v) is 10.6. The molecule has 3 rings (SSSR count). The van der Waals surface area contributed by atoms with Crippen molar-refractivity contribution in [3.8, 4) is 11.5 Å². The minimum Gasteiger partial charge on any atom is -0.493 e. The van der Waals surface area contributed by atoms with E-state index in [1.54, 1.807) is 26.2 Å². The molecule has 3 aromatic rings. The molecule has 0 bridgehead atoms. The van der Waals surface area contributed by atoms with Crippen LogP contribution in [0.25, 0.3) is 10.9 Å². The molecule has 0 saturated heterocycles. The van der Waals surface area contributed by atoms with Gasteiger partial charge in [0.15, 0.2) is 11.5 Å². The Balaban J connectivity index is 1.88. The average molecular weight is 498 g/mol. The molecule has 0 spiro atoms. The molecule has 0 aliphatic heterocycles. The summed E-state index contributed by atoms with van der Waals surface area (Å²) in [6, 6.07) is 5.01. The number of alkyl halides is 3. The second-order valence-corrected chi connectivity index (χ2v) is 7.49. The van der Waals surface area contributed by atoms with Crippen molar-refractivity contribution in [2.24, 2.45) is 0 Å². The van der Waals surface area contributed by atoms with E-state index in [9.17, 15) is 17.6 Å². The van der Waals surface area contributed by atoms with Crippen LogP contribution < -0.4 is 20.5 Å². The summed E-state index contributed by atoms with van der Waals surface area (Å²) in [5.74, 6) is 0.0990. The van der Waals surface area contributed by atoms with Gasteiger partial charge in [-0.2, -0.15) is 13.2 Å². The van der Waals surface area contributed by atoms with Crippen LogP contribution in [0.1, 0.15) is 17.0 Å². The number of anilines is 2. The molecular weight excluding hydrogens is 472 g/mol. The Hall–Kier alpha value is -3.38. The van der Waals surface area contributed by atoms with E-state index in [0.29, 0.717) is 54.1 Å². The van der Waals surface area contributed by atoms with Crippen LogP contribution in [0, 0.1) is 12.7 Å². The quantitative estimate of drug-likeness (QED) is 0.229. The second kappa shape index (κ2) is 11.4. The maximum absolute atomic E-state index is 14.6. The molecule has 0 amide bonds. The van der Waals surface area contributed by atoms with Crippen LogP contribution in [0.3, 0.4) is 0 Å². The number of hydrogen-bond acceptors (Lipinski definition) is 8. The fourth-order valence-corrected chi connectivity index (χ4v) is 3.34. The number of aromatic nitrogens is 2. The lowest BCUT2D eigenvalue weighted by atomic mass is 10.1. The van der Waals surface area contributed by atoms with Crippen LogP contribution in [0.2, 0.25) is 0 Å². The number of nitrogen functional groups attached to an aromatic ring is 1. The Labute approximate surface area is 199 Å². The molecule has 0 unspecified atom stereocenters. The van der Waals surface area contributed by atoms with E-state index in [-0.39, 0.29) is 30.2 Å². The Morgan fingerprint density at radius 3 is 2.40 bits per heavy atom. The lowest BCUT2D eigenvalue weighted by Crippen LogP contribution is -2.13. The first kappa shape index (κ1) is 26.2. The number of fused-ring (bicyclic) bond motifs is 1. The zero-order valence-electron chi connectivity index (χ0n) is 19.5. The number of aryl methyl sites for hydroxylation is 1. The summed E-state index contributed by atoms with van der Waals surface area (Å²) >= 11 is 0. The van der Waals surface area contributed by atoms with Crippen LogP contribution in [0.4, 0.5) is 29.1 Å². The number of ether oxygens (including phenoxy) is 4. The summed E-state index contributed by atoms with van der Waals surface area (Å²) in [5.41, 5.74) is 4.21. The Kier molecular flexibility index (Phi) is 8.52. The summed E-state index contributed by atoms with van der Waals surface area (Å²) in [4.78, 5) is 8.71. The fraction of sp³-hybridized carbons (Fsp3) is 0.391. The van der Waals surface area contributed by atoms with Crippen LogP contribution in [0.5, 0.6) is 11.5 Å². The minimum absolute atomic E-state index is 0.201. The molecule has 0 radical (unpaired) electrons. The van der Waals surface area contributed by atoms with E-state index >= 15 is 0 Å². The third kappa shape index (κ3) is 6.61. The molecule has 1 heterocycles. The highest BCUT2D eigenvalue weighted by Crippen LogP contribution is 2.36. The highest BCUT2D eigenvalue weighted by Gasteiger charge is 2.35. The SMILES string of the molecule is COCCOCCOc1cc2c(NCc3cc(N)cc(C(F)(F)F)c3F)nc(C)nc2cc1OC. The molecule has 0 saturated carbocycles. The summed E-state index contributed by atoms with van der Waals surface area (Å²) in [7, 11) is 3.06. The fourth-order valence-electron chi connectivity index (χ4n) is 3.34. The number of halogens is 4. The molecule has 0 aliphatic rings. The smallest absolute Gasteiger partial charge is 0.419 e. The van der Waals surface area contributed by atoms with E-state index in [4.69, 9.17) is 24.7 Å². The maximum Gasteiger partial charge on any atom is 0.419 e. The van der Waals surface area contributed by atoms with Gasteiger partial charge < -0.3 is 30.0 Å². The van der Waals surface area contributed by atoms with E-state index < -0.39 is 17.6 Å². The van der Waals surface area contributed by atoms with Gasteiger partial charge in [0.1, 0.15) is 24.1 Å². The first-order chi connectivity index (χ1) is 16.6. The van der Waals surface area contributed by atoms with E-state index in [1.165, 1.54) is 7.11 Å². The third-order valence-corrected chi connectivity index (χ3v) is 4.93. The Bertz CT molecular complexity index is 1170. The number of nitrogens with zero attached hydrogens (tertiary/aromatic N) is 2. The van der Waals surface area contributed by atoms with Gasteiger partial charge in [-0.1, -0.05) is 0 Å². The first-order valence-electron chi connectivity index (χ1n) is 10.6. The van der Waals surface area contributed by atoms with Gasteiger partial charge in [0.25, 0.3) is 0 Å². The molecule has 12 heteroatoms. The summed E-state index contributed by atoms with van der Waals surface area (Å²) in [6.07, 6.45) is -4.87. The van der Waals surface area contributed by atoms with Crippen molar-refractivity contribution in [3.63, 3.8) is 0 Å². The summed E-state index contributed by atoms with van der Waals surface area (Å²) in [6.45, 7) is 2.80. The van der Waals surface area contributed by atoms with Gasteiger partial charge in [-0.3, -0.25) is 0 Å². The predicted molar refractivity (Wildman–Crippen MR) is 122 cm³/mol. The number of rotatable bonds is 11. The lowest BCUT2D eigenvalue weighted by molar-refractivity contribution is -0.140. The van der Waals surface area contributed by atoms with Crippen molar-refractivity contribution in [2.45, 2.75) is 19.6 Å². The van der Waals surface area contributed by atoms with Crippen molar-refractivity contribution >= 4 is 22.4 Å². The number of hydrogen-bond donors (Lipinski definition) is 2. The van der Waals surface area contributed by atoms with Crippen LogP contribution in [0.15, 0.2) is 24.3 Å². The van der Waals surface area contributed by atoms with Gasteiger partial charge in [-0.25, -0.2) is 14.4 Å². The van der Waals surface area contributed by atoms with Crippen molar-refractivity contribution in [1.29, 1.82) is 0 Å². The van der Waals surface area contributed by atoms with Gasteiger partial charge in [-0.05, 0) is 25.1 Å². The number of benzene rings is 2. The largest absolute Gasteiger partial charge is 0.493 e. The van der Waals surface area contributed by atoms with Crippen LogP contribution >= 0.6 is 0 Å². The second-order valence-electron chi connectivity index (χ2n) is 7.49. The summed E-state index contributed by atoms with van der Waals surface area (Å²) < 4.78 is 75.5. The zero-order chi connectivity index (χ0) is 25.6. The van der Waals surface area contributed by atoms with Crippen molar-refractivity contribution in [3.05, 3.63) is 47.0 Å². The molecule has 1 aromatic heterocycles.